The van der Waals surface area contributed by atoms with Crippen LogP contribution in [-0.4, -0.2) is 29.2 Å². The van der Waals surface area contributed by atoms with Gasteiger partial charge >= 0.3 is 0 Å². The molecule has 0 bridgehead atoms. The summed E-state index contributed by atoms with van der Waals surface area (Å²) in [7, 11) is 1.59. The Kier molecular flexibility index (Phi) is 4.43. The van der Waals surface area contributed by atoms with E-state index in [4.69, 9.17) is 22.7 Å². The first-order chi connectivity index (χ1) is 9.40. The zero-order chi connectivity index (χ0) is 14.9. The SMILES string of the molecule is CNN(C(=O)C1(c2cccc(Br)c2)CC(C)O1)C(N)=S. The zero-order valence-electron chi connectivity index (χ0n) is 11.2. The lowest BCUT2D eigenvalue weighted by Crippen LogP contribution is -2.62. The van der Waals surface area contributed by atoms with E-state index in [1.807, 2.05) is 31.2 Å². The molecule has 2 atom stereocenters. The zero-order valence-corrected chi connectivity index (χ0v) is 13.6. The summed E-state index contributed by atoms with van der Waals surface area (Å²) in [4.78, 5) is 12.7. The number of amides is 1. The van der Waals surface area contributed by atoms with E-state index in [0.717, 1.165) is 15.0 Å². The number of nitrogens with two attached hydrogens (primary N) is 1. The molecule has 1 aromatic rings. The highest BCUT2D eigenvalue weighted by Crippen LogP contribution is 2.43. The number of thiocarbonyl (C=S) groups is 1. The minimum absolute atomic E-state index is 0.0167. The molecule has 1 aliphatic heterocycles. The van der Waals surface area contributed by atoms with E-state index in [2.05, 4.69) is 21.4 Å². The van der Waals surface area contributed by atoms with Gasteiger partial charge in [0.2, 0.25) is 0 Å². The van der Waals surface area contributed by atoms with Crippen LogP contribution in [0.25, 0.3) is 0 Å². The third-order valence-corrected chi connectivity index (χ3v) is 3.94. The van der Waals surface area contributed by atoms with E-state index in [-0.39, 0.29) is 17.1 Å². The smallest absolute Gasteiger partial charge is 0.280 e. The van der Waals surface area contributed by atoms with Gasteiger partial charge in [-0.05, 0) is 36.8 Å². The van der Waals surface area contributed by atoms with Gasteiger partial charge in [0.15, 0.2) is 10.7 Å². The summed E-state index contributed by atoms with van der Waals surface area (Å²) in [5.74, 6) is -0.302. The van der Waals surface area contributed by atoms with Crippen LogP contribution in [0.2, 0.25) is 0 Å². The van der Waals surface area contributed by atoms with Gasteiger partial charge in [0, 0.05) is 17.9 Å². The number of carbonyl (C=O) groups excluding carboxylic acids is 1. The number of ether oxygens (including phenoxy) is 1. The maximum absolute atomic E-state index is 12.7. The second-order valence-electron chi connectivity index (χ2n) is 4.67. The number of halogens is 1. The number of hydrogen-bond acceptors (Lipinski definition) is 4. The molecule has 0 radical (unpaired) electrons. The largest absolute Gasteiger partial charge is 0.375 e. The Morgan fingerprint density at radius 3 is 2.75 bits per heavy atom. The van der Waals surface area contributed by atoms with Crippen molar-refractivity contribution in [2.75, 3.05) is 7.05 Å². The first kappa shape index (κ1) is 15.4. The molecule has 0 saturated carbocycles. The highest BCUT2D eigenvalue weighted by molar-refractivity contribution is 9.10. The molecule has 1 saturated heterocycles. The molecule has 1 amide bonds. The molecule has 108 valence electrons. The molecule has 1 aromatic carbocycles. The quantitative estimate of drug-likeness (QED) is 0.636. The van der Waals surface area contributed by atoms with E-state index >= 15 is 0 Å². The van der Waals surface area contributed by atoms with Crippen LogP contribution >= 0.6 is 28.1 Å². The summed E-state index contributed by atoms with van der Waals surface area (Å²) >= 11 is 8.30. The molecule has 0 spiro atoms. The van der Waals surface area contributed by atoms with Crippen LogP contribution in [0.3, 0.4) is 0 Å². The van der Waals surface area contributed by atoms with Gasteiger partial charge in [0.1, 0.15) is 0 Å². The normalized spacial score (nSPS) is 24.9. The van der Waals surface area contributed by atoms with Crippen LogP contribution in [0.15, 0.2) is 28.7 Å². The van der Waals surface area contributed by atoms with Crippen molar-refractivity contribution in [1.29, 1.82) is 0 Å². The van der Waals surface area contributed by atoms with E-state index in [9.17, 15) is 4.79 Å². The first-order valence-electron chi connectivity index (χ1n) is 6.16. The van der Waals surface area contributed by atoms with E-state index < -0.39 is 5.60 Å². The number of hydrogen-bond donors (Lipinski definition) is 2. The lowest BCUT2D eigenvalue weighted by atomic mass is 9.82. The van der Waals surface area contributed by atoms with Crippen LogP contribution in [0.4, 0.5) is 0 Å². The molecule has 20 heavy (non-hydrogen) atoms. The van der Waals surface area contributed by atoms with Gasteiger partial charge in [-0.1, -0.05) is 28.1 Å². The number of nitrogens with zero attached hydrogens (tertiary/aromatic N) is 1. The van der Waals surface area contributed by atoms with E-state index in [1.54, 1.807) is 7.05 Å². The number of hydrazine groups is 1. The summed E-state index contributed by atoms with van der Waals surface area (Å²) < 4.78 is 6.68. The Morgan fingerprint density at radius 1 is 1.65 bits per heavy atom. The average Bonchev–Trinajstić information content (AvgIpc) is 2.34. The Labute approximate surface area is 131 Å². The van der Waals surface area contributed by atoms with Crippen LogP contribution in [0, 0.1) is 0 Å². The molecule has 2 unspecified atom stereocenters. The first-order valence-corrected chi connectivity index (χ1v) is 7.36. The van der Waals surface area contributed by atoms with E-state index in [0.29, 0.717) is 6.42 Å². The van der Waals surface area contributed by atoms with Crippen LogP contribution in [-0.2, 0) is 15.1 Å². The number of benzene rings is 1. The Morgan fingerprint density at radius 2 is 2.30 bits per heavy atom. The highest BCUT2D eigenvalue weighted by Gasteiger charge is 2.53. The number of carbonyl (C=O) groups is 1. The maximum atomic E-state index is 12.7. The fourth-order valence-corrected chi connectivity index (χ4v) is 2.99. The molecule has 5 nitrogen and oxygen atoms in total. The molecule has 0 aromatic heterocycles. The monoisotopic (exact) mass is 357 g/mol. The Bertz CT molecular complexity index is 546. The minimum atomic E-state index is -1.03. The van der Waals surface area contributed by atoms with E-state index in [1.165, 1.54) is 0 Å². The van der Waals surface area contributed by atoms with Gasteiger partial charge in [-0.3, -0.25) is 4.79 Å². The summed E-state index contributed by atoms with van der Waals surface area (Å²) in [6.45, 7) is 1.92. The molecule has 1 fully saturated rings. The van der Waals surface area contributed by atoms with Crippen molar-refractivity contribution in [3.63, 3.8) is 0 Å². The molecule has 2 rings (SSSR count). The lowest BCUT2D eigenvalue weighted by molar-refractivity contribution is -0.215. The predicted octanol–water partition coefficient (Wildman–Crippen LogP) is 1.66. The molecule has 0 aliphatic carbocycles. The standard InChI is InChI=1S/C13H16BrN3O2S/c1-8-7-13(19-8,9-4-3-5-10(14)6-9)11(18)17(16-2)12(15)20/h3-6,8,16H,7H2,1-2H3,(H2,15,20). The van der Waals surface area contributed by atoms with Gasteiger partial charge < -0.3 is 10.5 Å². The summed E-state index contributed by atoms with van der Waals surface area (Å²) in [6.07, 6.45) is 0.603. The van der Waals surface area contributed by atoms with Crippen molar-refractivity contribution in [3.8, 4) is 0 Å². The molecular formula is C13H16BrN3O2S. The third kappa shape index (κ3) is 2.58. The topological polar surface area (TPSA) is 67.6 Å². The third-order valence-electron chi connectivity index (χ3n) is 3.26. The summed E-state index contributed by atoms with van der Waals surface area (Å²) in [5.41, 5.74) is 8.03. The van der Waals surface area contributed by atoms with Gasteiger partial charge in [0.25, 0.3) is 5.91 Å². The Balaban J connectivity index is 2.40. The predicted molar refractivity (Wildman–Crippen MR) is 83.7 cm³/mol. The molecular weight excluding hydrogens is 342 g/mol. The summed E-state index contributed by atoms with van der Waals surface area (Å²) in [5, 5.41) is 1.11. The van der Waals surface area contributed by atoms with Crippen molar-refractivity contribution in [2.24, 2.45) is 5.73 Å². The maximum Gasteiger partial charge on any atom is 0.280 e. The fraction of sp³-hybridized carbons (Fsp3) is 0.385. The van der Waals surface area contributed by atoms with Gasteiger partial charge in [-0.25, -0.2) is 10.4 Å². The average molecular weight is 358 g/mol. The minimum Gasteiger partial charge on any atom is -0.375 e. The number of rotatable bonds is 3. The van der Waals surface area contributed by atoms with Crippen LogP contribution in [0.5, 0.6) is 0 Å². The van der Waals surface area contributed by atoms with Crippen molar-refractivity contribution >= 4 is 39.2 Å². The number of nitrogens with one attached hydrogen (secondary N) is 1. The fourth-order valence-electron chi connectivity index (χ4n) is 2.42. The van der Waals surface area contributed by atoms with Crippen LogP contribution in [0.1, 0.15) is 18.9 Å². The molecule has 3 N–H and O–H groups in total. The molecule has 1 heterocycles. The van der Waals surface area contributed by atoms with Gasteiger partial charge in [-0.15, -0.1) is 0 Å². The second kappa shape index (κ2) is 5.77. The molecule has 7 heteroatoms. The van der Waals surface area contributed by atoms with Crippen molar-refractivity contribution in [3.05, 3.63) is 34.3 Å². The molecule has 1 aliphatic rings. The van der Waals surface area contributed by atoms with Gasteiger partial charge in [-0.2, -0.15) is 0 Å². The highest BCUT2D eigenvalue weighted by atomic mass is 79.9. The van der Waals surface area contributed by atoms with Gasteiger partial charge in [0.05, 0.1) is 6.10 Å². The van der Waals surface area contributed by atoms with Crippen molar-refractivity contribution < 1.29 is 9.53 Å². The summed E-state index contributed by atoms with van der Waals surface area (Å²) in [6, 6.07) is 7.50. The van der Waals surface area contributed by atoms with Crippen molar-refractivity contribution in [2.45, 2.75) is 25.0 Å². The van der Waals surface area contributed by atoms with Crippen LogP contribution < -0.4 is 11.2 Å². The van der Waals surface area contributed by atoms with Crippen molar-refractivity contribution in [1.82, 2.24) is 10.4 Å². The lowest BCUT2D eigenvalue weighted by Gasteiger charge is -2.47. The Hall–Kier alpha value is -1.02. The second-order valence-corrected chi connectivity index (χ2v) is 6.01.